The number of halogens is 1. The van der Waals surface area contributed by atoms with Crippen LogP contribution in [0, 0.1) is 5.92 Å². The molecule has 1 aromatic heterocycles. The summed E-state index contributed by atoms with van der Waals surface area (Å²) in [4.78, 5) is 16.5. The lowest BCUT2D eigenvalue weighted by Crippen LogP contribution is -2.21. The van der Waals surface area contributed by atoms with Crippen molar-refractivity contribution in [1.29, 1.82) is 0 Å². The van der Waals surface area contributed by atoms with Gasteiger partial charge in [0.25, 0.3) is 0 Å². The van der Waals surface area contributed by atoms with Crippen LogP contribution in [0.4, 0.5) is 17.2 Å². The van der Waals surface area contributed by atoms with Crippen LogP contribution in [0.5, 0.6) is 11.5 Å². The summed E-state index contributed by atoms with van der Waals surface area (Å²) < 4.78 is 10.6. The molecule has 0 aliphatic carbocycles. The zero-order chi connectivity index (χ0) is 19.1. The SMILES string of the molecule is CCC(CC)C(=O)Nc1ccc(Nc2cc(OC)c(Cl)cc2OC)nc1. The van der Waals surface area contributed by atoms with Gasteiger partial charge in [-0.1, -0.05) is 25.4 Å². The van der Waals surface area contributed by atoms with Crippen LogP contribution in [0.25, 0.3) is 0 Å². The zero-order valence-corrected chi connectivity index (χ0v) is 16.2. The number of carbonyl (C=O) groups excluding carboxylic acids is 1. The first-order valence-electron chi connectivity index (χ1n) is 8.47. The fourth-order valence-corrected chi connectivity index (χ4v) is 2.77. The average molecular weight is 378 g/mol. The molecule has 0 radical (unpaired) electrons. The van der Waals surface area contributed by atoms with Crippen molar-refractivity contribution >= 4 is 34.7 Å². The molecule has 1 aromatic carbocycles. The van der Waals surface area contributed by atoms with Gasteiger partial charge in [-0.15, -0.1) is 0 Å². The molecular weight excluding hydrogens is 354 g/mol. The number of aromatic nitrogens is 1. The molecule has 2 aromatic rings. The van der Waals surface area contributed by atoms with E-state index in [1.807, 2.05) is 13.8 Å². The summed E-state index contributed by atoms with van der Waals surface area (Å²) in [5, 5.41) is 6.52. The van der Waals surface area contributed by atoms with Crippen LogP contribution in [-0.4, -0.2) is 25.1 Å². The first-order chi connectivity index (χ1) is 12.5. The molecule has 1 amide bonds. The van der Waals surface area contributed by atoms with Crippen molar-refractivity contribution in [1.82, 2.24) is 4.98 Å². The van der Waals surface area contributed by atoms with Crippen LogP contribution in [-0.2, 0) is 4.79 Å². The van der Waals surface area contributed by atoms with Gasteiger partial charge in [-0.2, -0.15) is 0 Å². The number of hydrogen-bond donors (Lipinski definition) is 2. The fourth-order valence-electron chi connectivity index (χ4n) is 2.54. The lowest BCUT2D eigenvalue weighted by atomic mass is 10.0. The van der Waals surface area contributed by atoms with Gasteiger partial charge in [0, 0.05) is 18.1 Å². The molecule has 0 bridgehead atoms. The maximum atomic E-state index is 12.1. The molecule has 26 heavy (non-hydrogen) atoms. The van der Waals surface area contributed by atoms with Crippen LogP contribution in [0.3, 0.4) is 0 Å². The molecule has 0 atom stereocenters. The zero-order valence-electron chi connectivity index (χ0n) is 15.4. The number of hydrogen-bond acceptors (Lipinski definition) is 5. The summed E-state index contributed by atoms with van der Waals surface area (Å²) in [6, 6.07) is 7.00. The number of nitrogens with zero attached hydrogens (tertiary/aromatic N) is 1. The van der Waals surface area contributed by atoms with Crippen molar-refractivity contribution in [3.63, 3.8) is 0 Å². The van der Waals surface area contributed by atoms with Gasteiger partial charge in [-0.05, 0) is 25.0 Å². The molecule has 0 fully saturated rings. The molecule has 0 aliphatic heterocycles. The predicted molar refractivity (Wildman–Crippen MR) is 105 cm³/mol. The van der Waals surface area contributed by atoms with Crippen molar-refractivity contribution in [2.75, 3.05) is 24.9 Å². The first-order valence-corrected chi connectivity index (χ1v) is 8.85. The fraction of sp³-hybridized carbons (Fsp3) is 0.368. The van der Waals surface area contributed by atoms with E-state index in [-0.39, 0.29) is 11.8 Å². The van der Waals surface area contributed by atoms with E-state index in [2.05, 4.69) is 15.6 Å². The predicted octanol–water partition coefficient (Wildman–Crippen LogP) is 4.87. The highest BCUT2D eigenvalue weighted by Gasteiger charge is 2.14. The standard InChI is InChI=1S/C19H24ClN3O3/c1-5-12(6-2)19(24)22-13-7-8-18(21-11-13)23-15-10-16(25-3)14(20)9-17(15)26-4/h7-12H,5-6H2,1-4H3,(H,21,23)(H,22,24). The summed E-state index contributed by atoms with van der Waals surface area (Å²) in [6.07, 6.45) is 3.24. The number of rotatable bonds is 8. The quantitative estimate of drug-likeness (QED) is 0.686. The monoisotopic (exact) mass is 377 g/mol. The van der Waals surface area contributed by atoms with Gasteiger partial charge in [0.1, 0.15) is 17.3 Å². The molecule has 0 aliphatic rings. The highest BCUT2D eigenvalue weighted by molar-refractivity contribution is 6.32. The second-order valence-electron chi connectivity index (χ2n) is 5.75. The summed E-state index contributed by atoms with van der Waals surface area (Å²) in [6.45, 7) is 4.01. The minimum atomic E-state index is 0.0126. The molecule has 7 heteroatoms. The third-order valence-corrected chi connectivity index (χ3v) is 4.42. The Labute approximate surface area is 158 Å². The van der Waals surface area contributed by atoms with E-state index in [0.717, 1.165) is 12.8 Å². The number of anilines is 3. The van der Waals surface area contributed by atoms with Crippen LogP contribution < -0.4 is 20.1 Å². The van der Waals surface area contributed by atoms with Gasteiger partial charge in [-0.25, -0.2) is 4.98 Å². The highest BCUT2D eigenvalue weighted by atomic mass is 35.5. The molecular formula is C19H24ClN3O3. The minimum Gasteiger partial charge on any atom is -0.495 e. The Balaban J connectivity index is 2.13. The summed E-state index contributed by atoms with van der Waals surface area (Å²) in [5.41, 5.74) is 1.34. The van der Waals surface area contributed by atoms with E-state index >= 15 is 0 Å². The van der Waals surface area contributed by atoms with E-state index in [1.54, 1.807) is 44.7 Å². The number of carbonyl (C=O) groups is 1. The Bertz CT molecular complexity index is 746. The lowest BCUT2D eigenvalue weighted by molar-refractivity contribution is -0.120. The van der Waals surface area contributed by atoms with E-state index in [4.69, 9.17) is 21.1 Å². The molecule has 140 valence electrons. The van der Waals surface area contributed by atoms with Gasteiger partial charge < -0.3 is 20.1 Å². The molecule has 2 rings (SSSR count). The Morgan fingerprint density at radius 2 is 1.85 bits per heavy atom. The minimum absolute atomic E-state index is 0.0126. The van der Waals surface area contributed by atoms with Crippen molar-refractivity contribution in [2.45, 2.75) is 26.7 Å². The number of methoxy groups -OCH3 is 2. The molecule has 0 spiro atoms. The van der Waals surface area contributed by atoms with Crippen LogP contribution in [0.15, 0.2) is 30.5 Å². The number of nitrogens with one attached hydrogen (secondary N) is 2. The highest BCUT2D eigenvalue weighted by Crippen LogP contribution is 2.37. The third-order valence-electron chi connectivity index (χ3n) is 4.12. The maximum absolute atomic E-state index is 12.1. The third kappa shape index (κ3) is 4.79. The number of benzene rings is 1. The van der Waals surface area contributed by atoms with Crippen LogP contribution in [0.2, 0.25) is 5.02 Å². The molecule has 0 unspecified atom stereocenters. The molecule has 2 N–H and O–H groups in total. The Morgan fingerprint density at radius 1 is 1.15 bits per heavy atom. The van der Waals surface area contributed by atoms with Gasteiger partial charge in [0.2, 0.25) is 5.91 Å². The van der Waals surface area contributed by atoms with Crippen molar-refractivity contribution < 1.29 is 14.3 Å². The second kappa shape index (κ2) is 9.29. The average Bonchev–Trinajstić information content (AvgIpc) is 2.65. The van der Waals surface area contributed by atoms with Gasteiger partial charge >= 0.3 is 0 Å². The van der Waals surface area contributed by atoms with E-state index in [9.17, 15) is 4.79 Å². The number of pyridine rings is 1. The number of ether oxygens (including phenoxy) is 2. The summed E-state index contributed by atoms with van der Waals surface area (Å²) in [7, 11) is 3.11. The molecule has 1 heterocycles. The molecule has 6 nitrogen and oxygen atoms in total. The maximum Gasteiger partial charge on any atom is 0.227 e. The van der Waals surface area contributed by atoms with Gasteiger partial charge in [0.15, 0.2) is 0 Å². The largest absolute Gasteiger partial charge is 0.495 e. The molecule has 0 saturated heterocycles. The van der Waals surface area contributed by atoms with E-state index in [0.29, 0.717) is 33.7 Å². The van der Waals surface area contributed by atoms with Crippen LogP contribution in [0.1, 0.15) is 26.7 Å². The van der Waals surface area contributed by atoms with Gasteiger partial charge in [-0.3, -0.25) is 4.79 Å². The topological polar surface area (TPSA) is 72.5 Å². The Kier molecular flexibility index (Phi) is 7.09. The van der Waals surface area contributed by atoms with Crippen LogP contribution >= 0.6 is 11.6 Å². The number of amides is 1. The van der Waals surface area contributed by atoms with E-state index in [1.165, 1.54) is 0 Å². The summed E-state index contributed by atoms with van der Waals surface area (Å²) in [5.74, 6) is 1.74. The Hall–Kier alpha value is -2.47. The normalized spacial score (nSPS) is 10.5. The van der Waals surface area contributed by atoms with E-state index < -0.39 is 0 Å². The molecule has 0 saturated carbocycles. The second-order valence-corrected chi connectivity index (χ2v) is 6.15. The van der Waals surface area contributed by atoms with Crippen molar-refractivity contribution in [3.8, 4) is 11.5 Å². The Morgan fingerprint density at radius 3 is 2.38 bits per heavy atom. The summed E-state index contributed by atoms with van der Waals surface area (Å²) >= 11 is 6.11. The lowest BCUT2D eigenvalue weighted by Gasteiger charge is -2.14. The van der Waals surface area contributed by atoms with Gasteiger partial charge in [0.05, 0.1) is 36.8 Å². The van der Waals surface area contributed by atoms with Crippen molar-refractivity contribution in [3.05, 3.63) is 35.5 Å². The van der Waals surface area contributed by atoms with Crippen molar-refractivity contribution in [2.24, 2.45) is 5.92 Å². The first kappa shape index (κ1) is 19.8. The smallest absolute Gasteiger partial charge is 0.227 e.